The van der Waals surface area contributed by atoms with Gasteiger partial charge in [0, 0.05) is 73.8 Å². The fourth-order valence-corrected chi connectivity index (χ4v) is 9.34. The summed E-state index contributed by atoms with van der Waals surface area (Å²) in [5, 5.41) is 2.89. The number of nitrogens with zero attached hydrogens (tertiary/aromatic N) is 4. The maximum absolute atomic E-state index is 16.5. The molecule has 1 aromatic carbocycles. The van der Waals surface area contributed by atoms with Crippen LogP contribution in [0.4, 0.5) is 20.3 Å². The Morgan fingerprint density at radius 1 is 1.04 bits per heavy atom. The second kappa shape index (κ2) is 12.8. The van der Waals surface area contributed by atoms with Gasteiger partial charge in [-0.3, -0.25) is 9.59 Å². The van der Waals surface area contributed by atoms with Crippen molar-refractivity contribution in [1.82, 2.24) is 14.6 Å². The number of halogens is 3. The average Bonchev–Trinajstić information content (AvgIpc) is 3.42. The zero-order chi connectivity index (χ0) is 33.6. The molecule has 2 saturated heterocycles. The van der Waals surface area contributed by atoms with Gasteiger partial charge in [0.25, 0.3) is 5.92 Å². The number of fused-ring (bicyclic) bond motifs is 3. The minimum atomic E-state index is -3.83. The summed E-state index contributed by atoms with van der Waals surface area (Å²) in [6, 6.07) is 8.53. The largest absolute Gasteiger partial charge is 0.356 e. The summed E-state index contributed by atoms with van der Waals surface area (Å²) in [5.74, 6) is -3.07. The number of anilines is 2. The molecule has 3 saturated carbocycles. The Morgan fingerprint density at radius 2 is 1.68 bits per heavy atom. The van der Waals surface area contributed by atoms with Gasteiger partial charge in [-0.05, 0) is 87.9 Å². The van der Waals surface area contributed by atoms with Crippen LogP contribution < -0.4 is 26.6 Å². The van der Waals surface area contributed by atoms with Gasteiger partial charge in [-0.1, -0.05) is 11.6 Å². The molecule has 0 unspecified atom stereocenters. The van der Waals surface area contributed by atoms with E-state index < -0.39 is 26.8 Å². The number of piperazine rings is 1. The molecule has 5 N–H and O–H groups in total. The third kappa shape index (κ3) is 6.23. The van der Waals surface area contributed by atoms with Crippen molar-refractivity contribution < 1.29 is 26.8 Å². The third-order valence-corrected chi connectivity index (χ3v) is 12.8. The van der Waals surface area contributed by atoms with Crippen LogP contribution in [0.5, 0.6) is 0 Å². The molecule has 2 bridgehead atoms. The average molecular weight is 694 g/mol. The van der Waals surface area contributed by atoms with Crippen molar-refractivity contribution >= 4 is 44.9 Å². The SMILES string of the molecule is NCCCNC(=O)C12CCC(C(F)(F)c3cc(Cl)nc(N4CCN(S(=O)(=O)c5ccc(N6C[C@H](N)CC6=O)cc5)CC4)c3)(CC1)CC2. The van der Waals surface area contributed by atoms with Gasteiger partial charge >= 0.3 is 0 Å². The number of pyridine rings is 1. The van der Waals surface area contributed by atoms with Gasteiger partial charge in [-0.2, -0.15) is 4.31 Å². The highest BCUT2D eigenvalue weighted by Gasteiger charge is 2.62. The van der Waals surface area contributed by atoms with E-state index in [1.807, 2.05) is 0 Å². The van der Waals surface area contributed by atoms with Crippen LogP contribution in [0.2, 0.25) is 5.15 Å². The van der Waals surface area contributed by atoms with E-state index in [-0.39, 0.29) is 91.1 Å². The number of nitrogens with one attached hydrogen (secondary N) is 1. The summed E-state index contributed by atoms with van der Waals surface area (Å²) in [6.07, 6.45) is 2.86. The molecule has 0 spiro atoms. The molecule has 3 aliphatic carbocycles. The molecule has 7 rings (SSSR count). The molecule has 15 heteroatoms. The first-order valence-electron chi connectivity index (χ1n) is 16.3. The molecule has 0 radical (unpaired) electrons. The van der Waals surface area contributed by atoms with E-state index in [0.717, 1.165) is 0 Å². The van der Waals surface area contributed by atoms with E-state index in [2.05, 4.69) is 10.3 Å². The first kappa shape index (κ1) is 34.0. The number of rotatable bonds is 10. The number of alkyl halides is 2. The van der Waals surface area contributed by atoms with Crippen LogP contribution in [-0.4, -0.2) is 81.4 Å². The number of sulfonamides is 1. The predicted octanol–water partition coefficient (Wildman–Crippen LogP) is 3.21. The van der Waals surface area contributed by atoms with Crippen molar-refractivity contribution in [2.75, 3.05) is 55.6 Å². The number of carbonyl (C=O) groups is 2. The Labute approximate surface area is 279 Å². The molecule has 1 atom stereocenters. The van der Waals surface area contributed by atoms with Gasteiger partial charge in [0.15, 0.2) is 0 Å². The highest BCUT2D eigenvalue weighted by atomic mass is 35.5. The maximum Gasteiger partial charge on any atom is 0.278 e. The van der Waals surface area contributed by atoms with Gasteiger partial charge in [0.05, 0.1) is 4.90 Å². The number of benzene rings is 1. The second-order valence-corrected chi connectivity index (χ2v) is 15.7. The number of carbonyl (C=O) groups excluding carboxylic acids is 2. The van der Waals surface area contributed by atoms with Crippen LogP contribution in [-0.2, 0) is 25.5 Å². The number of aromatic nitrogens is 1. The lowest BCUT2D eigenvalue weighted by molar-refractivity contribution is -0.193. The van der Waals surface area contributed by atoms with Crippen LogP contribution in [0.3, 0.4) is 0 Å². The monoisotopic (exact) mass is 693 g/mol. The Kier molecular flexibility index (Phi) is 9.28. The third-order valence-electron chi connectivity index (χ3n) is 10.7. The quantitative estimate of drug-likeness (QED) is 0.253. The Hall–Kier alpha value is -2.91. The summed E-state index contributed by atoms with van der Waals surface area (Å²) in [6.45, 7) is 2.08. The zero-order valence-corrected chi connectivity index (χ0v) is 27.8. The van der Waals surface area contributed by atoms with Crippen molar-refractivity contribution in [3.63, 3.8) is 0 Å². The topological polar surface area (TPSA) is 155 Å². The highest BCUT2D eigenvalue weighted by molar-refractivity contribution is 7.89. The zero-order valence-electron chi connectivity index (χ0n) is 26.3. The molecule has 5 aliphatic rings. The lowest BCUT2D eigenvalue weighted by Crippen LogP contribution is -2.55. The molecule has 1 aromatic heterocycles. The second-order valence-electron chi connectivity index (χ2n) is 13.4. The molecule has 11 nitrogen and oxygen atoms in total. The number of amides is 2. The molecule has 47 heavy (non-hydrogen) atoms. The van der Waals surface area contributed by atoms with Gasteiger partial charge in [0.1, 0.15) is 11.0 Å². The van der Waals surface area contributed by atoms with Crippen LogP contribution >= 0.6 is 11.6 Å². The van der Waals surface area contributed by atoms with E-state index in [4.69, 9.17) is 23.1 Å². The molecule has 2 aliphatic heterocycles. The molecule has 5 fully saturated rings. The standard InChI is InChI=1S/C32H42ClF2N7O4S/c33-26-18-22(32(34,35)31-9-6-30(7-10-31,8-11-31)29(44)38-13-1-12-36)19-27(39-26)40-14-16-41(17-15-40)47(45,46)25-4-2-24(3-5-25)42-21-23(37)20-28(42)43/h2-5,18-19,23H,1,6-17,20-21,36-37H2,(H,38,44)/t23-,30?,31?/m1/s1. The van der Waals surface area contributed by atoms with E-state index in [1.165, 1.54) is 28.6 Å². The Bertz CT molecular complexity index is 1590. The van der Waals surface area contributed by atoms with Gasteiger partial charge in [-0.25, -0.2) is 22.2 Å². The first-order chi connectivity index (χ1) is 22.3. The number of hydrogen-bond acceptors (Lipinski definition) is 8. The van der Waals surface area contributed by atoms with Gasteiger partial charge in [-0.15, -0.1) is 0 Å². The minimum Gasteiger partial charge on any atom is -0.356 e. The normalized spacial score (nSPS) is 27.0. The number of hydrogen-bond donors (Lipinski definition) is 3. The molecular weight excluding hydrogens is 652 g/mol. The smallest absolute Gasteiger partial charge is 0.278 e. The van der Waals surface area contributed by atoms with E-state index in [0.29, 0.717) is 51.0 Å². The van der Waals surface area contributed by atoms with Crippen molar-refractivity contribution in [2.45, 2.75) is 68.2 Å². The van der Waals surface area contributed by atoms with Crippen LogP contribution in [0, 0.1) is 10.8 Å². The Morgan fingerprint density at radius 3 is 2.26 bits per heavy atom. The fraction of sp³-hybridized carbons (Fsp3) is 0.594. The van der Waals surface area contributed by atoms with E-state index in [1.54, 1.807) is 21.9 Å². The molecule has 256 valence electrons. The number of nitrogens with two attached hydrogens (primary N) is 2. The van der Waals surface area contributed by atoms with Crippen molar-refractivity contribution in [1.29, 1.82) is 0 Å². The summed E-state index contributed by atoms with van der Waals surface area (Å²) < 4.78 is 61.2. The van der Waals surface area contributed by atoms with E-state index in [9.17, 15) is 18.0 Å². The molecule has 3 heterocycles. The predicted molar refractivity (Wildman–Crippen MR) is 175 cm³/mol. The highest BCUT2D eigenvalue weighted by Crippen LogP contribution is 2.65. The summed E-state index contributed by atoms with van der Waals surface area (Å²) >= 11 is 6.32. The summed E-state index contributed by atoms with van der Waals surface area (Å²) in [7, 11) is -3.83. The lowest BCUT2D eigenvalue weighted by Gasteiger charge is -2.55. The molecule has 2 aromatic rings. The molecular formula is C32H42ClF2N7O4S. The Balaban J connectivity index is 1.11. The van der Waals surface area contributed by atoms with Crippen molar-refractivity contribution in [3.8, 4) is 0 Å². The van der Waals surface area contributed by atoms with Crippen LogP contribution in [0.15, 0.2) is 41.3 Å². The fourth-order valence-electron chi connectivity index (χ4n) is 7.71. The maximum atomic E-state index is 16.5. The van der Waals surface area contributed by atoms with Crippen LogP contribution in [0.25, 0.3) is 0 Å². The minimum absolute atomic E-state index is 0.0543. The van der Waals surface area contributed by atoms with E-state index >= 15 is 8.78 Å². The summed E-state index contributed by atoms with van der Waals surface area (Å²) in [5.41, 5.74) is 9.94. The first-order valence-corrected chi connectivity index (χ1v) is 18.1. The van der Waals surface area contributed by atoms with Gasteiger partial charge in [0.2, 0.25) is 21.8 Å². The van der Waals surface area contributed by atoms with Gasteiger partial charge < -0.3 is 26.6 Å². The summed E-state index contributed by atoms with van der Waals surface area (Å²) in [4.78, 5) is 32.9. The van der Waals surface area contributed by atoms with Crippen molar-refractivity contribution in [2.24, 2.45) is 22.3 Å². The van der Waals surface area contributed by atoms with Crippen LogP contribution in [0.1, 0.15) is 56.9 Å². The lowest BCUT2D eigenvalue weighted by atomic mass is 9.51. The molecule has 2 amide bonds. The van der Waals surface area contributed by atoms with Crippen molar-refractivity contribution in [3.05, 3.63) is 47.1 Å².